The highest BCUT2D eigenvalue weighted by molar-refractivity contribution is 5.79. The molecule has 0 aliphatic carbocycles. The van der Waals surface area contributed by atoms with Gasteiger partial charge in [0.2, 0.25) is 5.91 Å². The van der Waals surface area contributed by atoms with Crippen LogP contribution in [0.4, 0.5) is 0 Å². The van der Waals surface area contributed by atoms with E-state index in [-0.39, 0.29) is 24.0 Å². The maximum Gasteiger partial charge on any atom is 0.228 e. The molecule has 2 aliphatic heterocycles. The Hall–Kier alpha value is -0.610. The molecule has 0 spiro atoms. The normalized spacial score (nSPS) is 31.1. The minimum atomic E-state index is -0.328. The molecule has 4 nitrogen and oxygen atoms in total. The Morgan fingerprint density at radius 1 is 1.39 bits per heavy atom. The largest absolute Gasteiger partial charge is 0.393 e. The minimum Gasteiger partial charge on any atom is -0.393 e. The third kappa shape index (κ3) is 3.45. The van der Waals surface area contributed by atoms with Crippen molar-refractivity contribution in [3.63, 3.8) is 0 Å². The van der Waals surface area contributed by atoms with Gasteiger partial charge in [-0.1, -0.05) is 0 Å². The molecule has 0 aromatic heterocycles. The van der Waals surface area contributed by atoms with E-state index in [2.05, 4.69) is 0 Å². The highest BCUT2D eigenvalue weighted by Gasteiger charge is 2.32. The van der Waals surface area contributed by atoms with Crippen LogP contribution in [0.2, 0.25) is 0 Å². The molecule has 2 heterocycles. The van der Waals surface area contributed by atoms with Crippen molar-refractivity contribution in [1.82, 2.24) is 4.90 Å². The van der Waals surface area contributed by atoms with E-state index < -0.39 is 0 Å². The number of rotatable bonds is 3. The summed E-state index contributed by atoms with van der Waals surface area (Å²) in [4.78, 5) is 14.5. The van der Waals surface area contributed by atoms with Crippen molar-refractivity contribution in [2.75, 3.05) is 19.8 Å². The van der Waals surface area contributed by atoms with Gasteiger partial charge in [0.1, 0.15) is 0 Å². The lowest BCUT2D eigenvalue weighted by Crippen LogP contribution is -2.48. The molecule has 0 aromatic carbocycles. The second kappa shape index (κ2) is 6.53. The van der Waals surface area contributed by atoms with Gasteiger partial charge in [-0.05, 0) is 45.4 Å². The zero-order valence-corrected chi connectivity index (χ0v) is 11.3. The van der Waals surface area contributed by atoms with Crippen molar-refractivity contribution in [2.24, 2.45) is 5.92 Å². The maximum absolute atomic E-state index is 12.5. The standard InChI is InChI=1S/C14H25NO3/c1-11(16)9-13-6-2-3-7-15(13)14(17)12-5-4-8-18-10-12/h11-13,16H,2-10H2,1H3. The summed E-state index contributed by atoms with van der Waals surface area (Å²) in [6, 6.07) is 0.230. The van der Waals surface area contributed by atoms with Crippen LogP contribution in [0.1, 0.15) is 45.4 Å². The molecule has 1 N–H and O–H groups in total. The molecule has 0 aromatic rings. The van der Waals surface area contributed by atoms with Crippen LogP contribution in [0.5, 0.6) is 0 Å². The molecule has 2 rings (SSSR count). The van der Waals surface area contributed by atoms with Crippen LogP contribution in [0.15, 0.2) is 0 Å². The SMILES string of the molecule is CC(O)CC1CCCCN1C(=O)C1CCCOC1. The van der Waals surface area contributed by atoms with Gasteiger partial charge >= 0.3 is 0 Å². The fourth-order valence-corrected chi connectivity index (χ4v) is 3.10. The molecular weight excluding hydrogens is 230 g/mol. The summed E-state index contributed by atoms with van der Waals surface area (Å²) in [5, 5.41) is 9.55. The van der Waals surface area contributed by atoms with Crippen molar-refractivity contribution >= 4 is 5.91 Å². The van der Waals surface area contributed by atoms with E-state index in [0.717, 1.165) is 38.8 Å². The molecule has 0 radical (unpaired) electrons. The number of ether oxygens (including phenoxy) is 1. The van der Waals surface area contributed by atoms with E-state index in [4.69, 9.17) is 4.74 Å². The van der Waals surface area contributed by atoms with E-state index in [1.165, 1.54) is 6.42 Å². The molecule has 2 aliphatic rings. The molecule has 0 bridgehead atoms. The van der Waals surface area contributed by atoms with Gasteiger partial charge in [-0.2, -0.15) is 0 Å². The summed E-state index contributed by atoms with van der Waals surface area (Å²) in [5.74, 6) is 0.299. The Balaban J connectivity index is 1.96. The summed E-state index contributed by atoms with van der Waals surface area (Å²) in [6.45, 7) is 4.03. The van der Waals surface area contributed by atoms with Crippen LogP contribution in [0, 0.1) is 5.92 Å². The number of carbonyl (C=O) groups is 1. The monoisotopic (exact) mass is 255 g/mol. The van der Waals surface area contributed by atoms with Gasteiger partial charge in [-0.15, -0.1) is 0 Å². The molecular formula is C14H25NO3. The van der Waals surface area contributed by atoms with Crippen LogP contribution in [0.25, 0.3) is 0 Å². The lowest BCUT2D eigenvalue weighted by Gasteiger charge is -2.39. The number of hydrogen-bond donors (Lipinski definition) is 1. The quantitative estimate of drug-likeness (QED) is 0.832. The summed E-state index contributed by atoms with van der Waals surface area (Å²) in [7, 11) is 0. The number of hydrogen-bond acceptors (Lipinski definition) is 3. The van der Waals surface area contributed by atoms with Gasteiger partial charge in [0, 0.05) is 19.2 Å². The van der Waals surface area contributed by atoms with Crippen LogP contribution in [-0.2, 0) is 9.53 Å². The van der Waals surface area contributed by atoms with Crippen molar-refractivity contribution in [3.8, 4) is 0 Å². The molecule has 0 saturated carbocycles. The number of piperidine rings is 1. The average Bonchev–Trinajstić information content (AvgIpc) is 2.39. The highest BCUT2D eigenvalue weighted by atomic mass is 16.5. The van der Waals surface area contributed by atoms with Crippen molar-refractivity contribution in [2.45, 2.75) is 57.6 Å². The molecule has 2 saturated heterocycles. The minimum absolute atomic E-state index is 0.0494. The second-order valence-corrected chi connectivity index (χ2v) is 5.68. The number of carbonyl (C=O) groups excluding carboxylic acids is 1. The first-order chi connectivity index (χ1) is 8.68. The van der Waals surface area contributed by atoms with Gasteiger partial charge in [-0.3, -0.25) is 4.79 Å². The Kier molecular flexibility index (Phi) is 5.01. The Morgan fingerprint density at radius 2 is 2.22 bits per heavy atom. The lowest BCUT2D eigenvalue weighted by atomic mass is 9.93. The Morgan fingerprint density at radius 3 is 2.89 bits per heavy atom. The van der Waals surface area contributed by atoms with Crippen LogP contribution >= 0.6 is 0 Å². The van der Waals surface area contributed by atoms with Crippen molar-refractivity contribution in [3.05, 3.63) is 0 Å². The highest BCUT2D eigenvalue weighted by Crippen LogP contribution is 2.25. The second-order valence-electron chi connectivity index (χ2n) is 5.68. The van der Waals surface area contributed by atoms with E-state index >= 15 is 0 Å². The molecule has 104 valence electrons. The predicted molar refractivity (Wildman–Crippen MR) is 69.2 cm³/mol. The Bertz CT molecular complexity index is 274. The van der Waals surface area contributed by atoms with E-state index in [1.54, 1.807) is 6.92 Å². The van der Waals surface area contributed by atoms with Gasteiger partial charge in [0.15, 0.2) is 0 Å². The zero-order valence-electron chi connectivity index (χ0n) is 11.3. The summed E-state index contributed by atoms with van der Waals surface area (Å²) in [5.41, 5.74) is 0. The number of nitrogens with zero attached hydrogens (tertiary/aromatic N) is 1. The first-order valence-electron chi connectivity index (χ1n) is 7.24. The zero-order chi connectivity index (χ0) is 13.0. The summed E-state index contributed by atoms with van der Waals surface area (Å²) >= 11 is 0. The summed E-state index contributed by atoms with van der Waals surface area (Å²) in [6.07, 6.45) is 5.62. The van der Waals surface area contributed by atoms with E-state index in [9.17, 15) is 9.90 Å². The first kappa shape index (κ1) is 13.8. The van der Waals surface area contributed by atoms with Gasteiger partial charge in [0.05, 0.1) is 18.6 Å². The third-order valence-corrected chi connectivity index (χ3v) is 4.03. The van der Waals surface area contributed by atoms with Crippen LogP contribution in [-0.4, -0.2) is 47.8 Å². The topological polar surface area (TPSA) is 49.8 Å². The fourth-order valence-electron chi connectivity index (χ4n) is 3.10. The van der Waals surface area contributed by atoms with E-state index in [0.29, 0.717) is 13.0 Å². The maximum atomic E-state index is 12.5. The van der Waals surface area contributed by atoms with Crippen molar-refractivity contribution in [1.29, 1.82) is 0 Å². The van der Waals surface area contributed by atoms with Crippen LogP contribution in [0.3, 0.4) is 0 Å². The fraction of sp³-hybridized carbons (Fsp3) is 0.929. The third-order valence-electron chi connectivity index (χ3n) is 4.03. The van der Waals surface area contributed by atoms with E-state index in [1.807, 2.05) is 4.90 Å². The van der Waals surface area contributed by atoms with Crippen molar-refractivity contribution < 1.29 is 14.6 Å². The summed E-state index contributed by atoms with van der Waals surface area (Å²) < 4.78 is 5.41. The molecule has 1 amide bonds. The number of amides is 1. The van der Waals surface area contributed by atoms with Gasteiger partial charge in [0.25, 0.3) is 0 Å². The Labute approximate surface area is 109 Å². The van der Waals surface area contributed by atoms with Gasteiger partial charge in [-0.25, -0.2) is 0 Å². The molecule has 3 unspecified atom stereocenters. The van der Waals surface area contributed by atoms with Gasteiger partial charge < -0.3 is 14.7 Å². The predicted octanol–water partition coefficient (Wildman–Crippen LogP) is 1.56. The first-order valence-corrected chi connectivity index (χ1v) is 7.24. The lowest BCUT2D eigenvalue weighted by molar-refractivity contribution is -0.144. The number of likely N-dealkylation sites (tertiary alicyclic amines) is 1. The molecule has 3 atom stereocenters. The number of aliphatic hydroxyl groups is 1. The molecule has 4 heteroatoms. The average molecular weight is 255 g/mol. The smallest absolute Gasteiger partial charge is 0.228 e. The molecule has 2 fully saturated rings. The number of aliphatic hydroxyl groups excluding tert-OH is 1. The van der Waals surface area contributed by atoms with Crippen LogP contribution < -0.4 is 0 Å². The molecule has 18 heavy (non-hydrogen) atoms.